The largest absolute Gasteiger partial charge is 0.458 e. The van der Waals surface area contributed by atoms with Crippen molar-refractivity contribution >= 4 is 11.2 Å². The molecule has 0 aliphatic heterocycles. The van der Waals surface area contributed by atoms with Gasteiger partial charge in [0.15, 0.2) is 11.2 Å². The summed E-state index contributed by atoms with van der Waals surface area (Å²) in [4.78, 5) is 0. The third kappa shape index (κ3) is 2.18. The first kappa shape index (κ1) is 12.1. The van der Waals surface area contributed by atoms with Crippen molar-refractivity contribution in [3.63, 3.8) is 0 Å². The number of hydrogen-bond acceptors (Lipinski definition) is 2. The highest BCUT2D eigenvalue weighted by atomic mass is 19.4. The van der Waals surface area contributed by atoms with E-state index in [1.54, 1.807) is 13.0 Å². The zero-order chi connectivity index (χ0) is 12.8. The number of aryl methyl sites for hydroxylation is 1. The Kier molecular flexibility index (Phi) is 2.52. The van der Waals surface area contributed by atoms with E-state index in [0.717, 1.165) is 13.8 Å². The average Bonchev–Trinajstić information content (AvgIpc) is 2.57. The second-order valence-electron chi connectivity index (χ2n) is 4.86. The minimum atomic E-state index is -4.25. The van der Waals surface area contributed by atoms with Gasteiger partial charge >= 0.3 is 6.18 Å². The van der Waals surface area contributed by atoms with Gasteiger partial charge in [-0.1, -0.05) is 13.8 Å². The summed E-state index contributed by atoms with van der Waals surface area (Å²) in [6.45, 7) is 4.07. The van der Waals surface area contributed by atoms with Crippen LogP contribution in [0, 0.1) is 12.3 Å². The Balaban J connectivity index is 2.27. The Labute approximate surface area is 96.4 Å². The fraction of sp³-hybridized carbons (Fsp3) is 0.500. The second kappa shape index (κ2) is 3.55. The van der Waals surface area contributed by atoms with Gasteiger partial charge in [-0.05, 0) is 6.92 Å². The van der Waals surface area contributed by atoms with Crippen LogP contribution in [0.15, 0.2) is 21.0 Å². The third-order valence-electron chi connectivity index (χ3n) is 2.76. The maximum absolute atomic E-state index is 12.7. The van der Waals surface area contributed by atoms with E-state index in [-0.39, 0.29) is 6.42 Å². The van der Waals surface area contributed by atoms with Gasteiger partial charge in [0.1, 0.15) is 11.5 Å². The quantitative estimate of drug-likeness (QED) is 0.781. The van der Waals surface area contributed by atoms with Gasteiger partial charge in [-0.25, -0.2) is 0 Å². The number of furan rings is 2. The highest BCUT2D eigenvalue weighted by molar-refractivity contribution is 5.72. The molecular formula is C12H13F3O2. The summed E-state index contributed by atoms with van der Waals surface area (Å²) in [6, 6.07) is 3.19. The fourth-order valence-corrected chi connectivity index (χ4v) is 1.63. The number of fused-ring (bicyclic) bond motifs is 1. The number of hydrogen-bond donors (Lipinski definition) is 0. The van der Waals surface area contributed by atoms with Gasteiger partial charge in [0.05, 0.1) is 5.41 Å². The van der Waals surface area contributed by atoms with E-state index in [1.165, 1.54) is 6.07 Å². The van der Waals surface area contributed by atoms with Gasteiger partial charge in [-0.15, -0.1) is 0 Å². The Morgan fingerprint density at radius 3 is 2.18 bits per heavy atom. The highest BCUT2D eigenvalue weighted by Gasteiger charge is 2.47. The predicted octanol–water partition coefficient (Wildman–Crippen LogP) is 4.47. The lowest BCUT2D eigenvalue weighted by molar-refractivity contribution is -0.211. The Bertz CT molecular complexity index is 500. The van der Waals surface area contributed by atoms with Crippen LogP contribution >= 0.6 is 0 Å². The zero-order valence-electron chi connectivity index (χ0n) is 9.81. The SMILES string of the molecule is Cc1cc2oc(CC(C)(C)C(F)(F)F)cc2o1. The molecule has 2 aromatic heterocycles. The van der Waals surface area contributed by atoms with E-state index >= 15 is 0 Å². The minimum absolute atomic E-state index is 0.195. The molecule has 17 heavy (non-hydrogen) atoms. The topological polar surface area (TPSA) is 26.3 Å². The normalized spacial score (nSPS) is 13.5. The van der Waals surface area contributed by atoms with Gasteiger partial charge in [0.2, 0.25) is 0 Å². The van der Waals surface area contributed by atoms with Crippen molar-refractivity contribution in [2.45, 2.75) is 33.4 Å². The lowest BCUT2D eigenvalue weighted by atomic mass is 9.87. The number of halogens is 3. The molecule has 0 fully saturated rings. The van der Waals surface area contributed by atoms with E-state index in [2.05, 4.69) is 0 Å². The maximum atomic E-state index is 12.7. The van der Waals surface area contributed by atoms with Crippen molar-refractivity contribution in [1.82, 2.24) is 0 Å². The molecule has 0 unspecified atom stereocenters. The van der Waals surface area contributed by atoms with Crippen LogP contribution in [-0.4, -0.2) is 6.18 Å². The van der Waals surface area contributed by atoms with Crippen LogP contribution in [0.25, 0.3) is 11.2 Å². The molecule has 0 N–H and O–H groups in total. The summed E-state index contributed by atoms with van der Waals surface area (Å²) >= 11 is 0. The van der Waals surface area contributed by atoms with Crippen molar-refractivity contribution in [2.75, 3.05) is 0 Å². The van der Waals surface area contributed by atoms with Crippen LogP contribution in [0.5, 0.6) is 0 Å². The smallest absolute Gasteiger partial charge is 0.394 e. The first-order valence-corrected chi connectivity index (χ1v) is 5.25. The van der Waals surface area contributed by atoms with Crippen molar-refractivity contribution in [3.05, 3.63) is 23.7 Å². The van der Waals surface area contributed by atoms with Crippen molar-refractivity contribution in [1.29, 1.82) is 0 Å². The van der Waals surface area contributed by atoms with Gasteiger partial charge in [0, 0.05) is 18.6 Å². The molecule has 0 aromatic carbocycles. The molecule has 0 saturated carbocycles. The number of alkyl halides is 3. The molecule has 2 aromatic rings. The molecule has 2 nitrogen and oxygen atoms in total. The van der Waals surface area contributed by atoms with E-state index in [9.17, 15) is 13.2 Å². The average molecular weight is 246 g/mol. The zero-order valence-corrected chi connectivity index (χ0v) is 9.81. The number of rotatable bonds is 2. The lowest BCUT2D eigenvalue weighted by Gasteiger charge is -2.26. The third-order valence-corrected chi connectivity index (χ3v) is 2.76. The van der Waals surface area contributed by atoms with Crippen LogP contribution in [-0.2, 0) is 6.42 Å². The van der Waals surface area contributed by atoms with Crippen LogP contribution in [0.3, 0.4) is 0 Å². The van der Waals surface area contributed by atoms with Crippen molar-refractivity contribution in [3.8, 4) is 0 Å². The van der Waals surface area contributed by atoms with Crippen molar-refractivity contribution < 1.29 is 22.0 Å². The Hall–Kier alpha value is -1.39. The van der Waals surface area contributed by atoms with Gasteiger partial charge < -0.3 is 8.83 Å². The molecule has 2 rings (SSSR count). The molecule has 5 heteroatoms. The standard InChI is InChI=1S/C12H13F3O2/c1-7-4-9-10(16-7)5-8(17-9)6-11(2,3)12(13,14)15/h4-5H,6H2,1-3H3. The minimum Gasteiger partial charge on any atom is -0.458 e. The lowest BCUT2D eigenvalue weighted by Crippen LogP contribution is -2.33. The molecular weight excluding hydrogens is 233 g/mol. The van der Waals surface area contributed by atoms with Crippen LogP contribution in [0.1, 0.15) is 25.4 Å². The first-order valence-electron chi connectivity index (χ1n) is 5.25. The molecule has 2 heterocycles. The van der Waals surface area contributed by atoms with E-state index in [1.807, 2.05) is 0 Å². The molecule has 0 amide bonds. The molecule has 0 saturated heterocycles. The Morgan fingerprint density at radius 1 is 1.06 bits per heavy atom. The summed E-state index contributed by atoms with van der Waals surface area (Å²) in [5, 5.41) is 0. The maximum Gasteiger partial charge on any atom is 0.394 e. The van der Waals surface area contributed by atoms with E-state index in [4.69, 9.17) is 8.83 Å². The summed E-state index contributed by atoms with van der Waals surface area (Å²) in [6.07, 6.45) is -4.45. The second-order valence-corrected chi connectivity index (χ2v) is 4.86. The van der Waals surface area contributed by atoms with Crippen LogP contribution in [0.4, 0.5) is 13.2 Å². The van der Waals surface area contributed by atoms with E-state index in [0.29, 0.717) is 22.7 Å². The summed E-state index contributed by atoms with van der Waals surface area (Å²) in [5.74, 6) is 0.974. The first-order chi connectivity index (χ1) is 7.69. The van der Waals surface area contributed by atoms with E-state index < -0.39 is 11.6 Å². The highest BCUT2D eigenvalue weighted by Crippen LogP contribution is 2.41. The molecule has 0 aliphatic rings. The molecule has 0 aliphatic carbocycles. The van der Waals surface area contributed by atoms with Crippen LogP contribution in [0.2, 0.25) is 0 Å². The monoisotopic (exact) mass is 246 g/mol. The summed E-state index contributed by atoms with van der Waals surface area (Å²) in [5.41, 5.74) is -0.817. The van der Waals surface area contributed by atoms with Gasteiger partial charge in [-0.3, -0.25) is 0 Å². The van der Waals surface area contributed by atoms with Gasteiger partial charge in [-0.2, -0.15) is 13.2 Å². The summed E-state index contributed by atoms with van der Waals surface area (Å²) in [7, 11) is 0. The predicted molar refractivity (Wildman–Crippen MR) is 56.8 cm³/mol. The molecule has 94 valence electrons. The summed E-state index contributed by atoms with van der Waals surface area (Å²) < 4.78 is 48.7. The molecule has 0 bridgehead atoms. The Morgan fingerprint density at radius 2 is 1.65 bits per heavy atom. The van der Waals surface area contributed by atoms with Crippen molar-refractivity contribution in [2.24, 2.45) is 5.41 Å². The molecule has 0 atom stereocenters. The van der Waals surface area contributed by atoms with Crippen LogP contribution < -0.4 is 0 Å². The van der Waals surface area contributed by atoms with Gasteiger partial charge in [0.25, 0.3) is 0 Å². The molecule has 0 radical (unpaired) electrons. The fourth-order valence-electron chi connectivity index (χ4n) is 1.63. The molecule has 0 spiro atoms.